The Kier molecular flexibility index (Phi) is 5.30. The third-order valence-electron chi connectivity index (χ3n) is 4.58. The highest BCUT2D eigenvalue weighted by Crippen LogP contribution is 2.25. The number of morpholine rings is 1. The largest absolute Gasteiger partial charge is 0.390 e. The molecule has 1 N–H and O–H groups in total. The number of carbonyl (C=O) groups is 1. The van der Waals surface area contributed by atoms with Crippen molar-refractivity contribution in [3.8, 4) is 0 Å². The standard InChI is InChI=1S/C18H26N2O3/c1-14-10-19(11-16(21)12-20-9-5-8-18(20)22)13-17(23-14)15-6-3-2-4-7-15/h2-4,6-7,14,16-17,21H,5,8-13H2,1H3. The molecule has 2 heterocycles. The smallest absolute Gasteiger partial charge is 0.222 e. The zero-order chi connectivity index (χ0) is 16.2. The molecule has 126 valence electrons. The normalized spacial score (nSPS) is 27.4. The van der Waals surface area contributed by atoms with Crippen molar-refractivity contribution in [3.63, 3.8) is 0 Å². The fourth-order valence-corrected chi connectivity index (χ4v) is 3.55. The quantitative estimate of drug-likeness (QED) is 0.892. The number of aliphatic hydroxyl groups excluding tert-OH is 1. The van der Waals surface area contributed by atoms with Crippen LogP contribution in [-0.2, 0) is 9.53 Å². The number of ether oxygens (including phenoxy) is 1. The summed E-state index contributed by atoms with van der Waals surface area (Å²) in [7, 11) is 0. The Balaban J connectivity index is 1.55. The molecule has 2 saturated heterocycles. The minimum atomic E-state index is -0.501. The molecule has 0 aliphatic carbocycles. The summed E-state index contributed by atoms with van der Waals surface area (Å²) in [6.45, 7) is 5.47. The Morgan fingerprint density at radius 1 is 1.26 bits per heavy atom. The van der Waals surface area contributed by atoms with Crippen LogP contribution in [0.3, 0.4) is 0 Å². The summed E-state index contributed by atoms with van der Waals surface area (Å²) < 4.78 is 6.05. The lowest BCUT2D eigenvalue weighted by atomic mass is 10.1. The van der Waals surface area contributed by atoms with Gasteiger partial charge in [-0.2, -0.15) is 0 Å². The van der Waals surface area contributed by atoms with Gasteiger partial charge in [0.15, 0.2) is 0 Å². The van der Waals surface area contributed by atoms with Gasteiger partial charge in [-0.05, 0) is 18.9 Å². The SMILES string of the molecule is CC1CN(CC(O)CN2CCCC2=O)CC(c2ccccc2)O1. The van der Waals surface area contributed by atoms with E-state index in [1.165, 1.54) is 5.56 Å². The Morgan fingerprint density at radius 3 is 2.74 bits per heavy atom. The van der Waals surface area contributed by atoms with E-state index in [9.17, 15) is 9.90 Å². The maximum absolute atomic E-state index is 11.7. The fourth-order valence-electron chi connectivity index (χ4n) is 3.55. The Bertz CT molecular complexity index is 522. The molecule has 5 heteroatoms. The van der Waals surface area contributed by atoms with Crippen LogP contribution < -0.4 is 0 Å². The number of benzene rings is 1. The predicted molar refractivity (Wildman–Crippen MR) is 88.0 cm³/mol. The molecule has 3 rings (SSSR count). The van der Waals surface area contributed by atoms with Crippen LogP contribution in [-0.4, -0.2) is 65.7 Å². The molecule has 0 aromatic heterocycles. The van der Waals surface area contributed by atoms with Gasteiger partial charge in [-0.1, -0.05) is 30.3 Å². The van der Waals surface area contributed by atoms with Crippen LogP contribution in [0.4, 0.5) is 0 Å². The summed E-state index contributed by atoms with van der Waals surface area (Å²) in [5.41, 5.74) is 1.17. The summed E-state index contributed by atoms with van der Waals surface area (Å²) in [5, 5.41) is 10.3. The minimum Gasteiger partial charge on any atom is -0.390 e. The van der Waals surface area contributed by atoms with Crippen LogP contribution in [0.2, 0.25) is 0 Å². The molecule has 1 amide bonds. The Labute approximate surface area is 137 Å². The van der Waals surface area contributed by atoms with Crippen molar-refractivity contribution in [2.45, 2.75) is 38.1 Å². The molecule has 0 saturated carbocycles. The van der Waals surface area contributed by atoms with Crippen molar-refractivity contribution < 1.29 is 14.6 Å². The number of β-amino-alcohol motifs (C(OH)–C–C–N with tert-alkyl or cyclic N) is 1. The lowest BCUT2D eigenvalue weighted by molar-refractivity contribution is -0.129. The summed E-state index contributed by atoms with van der Waals surface area (Å²) in [4.78, 5) is 15.7. The van der Waals surface area contributed by atoms with E-state index in [-0.39, 0.29) is 18.1 Å². The second-order valence-corrected chi connectivity index (χ2v) is 6.66. The topological polar surface area (TPSA) is 53.0 Å². The zero-order valence-electron chi connectivity index (χ0n) is 13.7. The van der Waals surface area contributed by atoms with Gasteiger partial charge < -0.3 is 14.7 Å². The summed E-state index contributed by atoms with van der Waals surface area (Å²) in [5.74, 6) is 0.168. The predicted octanol–water partition coefficient (Wildman–Crippen LogP) is 1.43. The first kappa shape index (κ1) is 16.4. The van der Waals surface area contributed by atoms with Gasteiger partial charge in [-0.15, -0.1) is 0 Å². The molecule has 3 unspecified atom stereocenters. The summed E-state index contributed by atoms with van der Waals surface area (Å²) in [6, 6.07) is 10.2. The molecule has 23 heavy (non-hydrogen) atoms. The van der Waals surface area contributed by atoms with Crippen LogP contribution in [0.5, 0.6) is 0 Å². The van der Waals surface area contributed by atoms with E-state index in [0.29, 0.717) is 19.5 Å². The molecule has 0 radical (unpaired) electrons. The van der Waals surface area contributed by atoms with E-state index in [0.717, 1.165) is 26.1 Å². The molecular formula is C18H26N2O3. The summed E-state index contributed by atoms with van der Waals surface area (Å²) >= 11 is 0. The monoisotopic (exact) mass is 318 g/mol. The number of aliphatic hydroxyl groups is 1. The van der Waals surface area contributed by atoms with Gasteiger partial charge >= 0.3 is 0 Å². The zero-order valence-corrected chi connectivity index (χ0v) is 13.7. The van der Waals surface area contributed by atoms with Crippen molar-refractivity contribution in [1.82, 2.24) is 9.80 Å². The van der Waals surface area contributed by atoms with Crippen molar-refractivity contribution in [1.29, 1.82) is 0 Å². The number of hydrogen-bond donors (Lipinski definition) is 1. The highest BCUT2D eigenvalue weighted by Gasteiger charge is 2.29. The number of nitrogens with zero attached hydrogens (tertiary/aromatic N) is 2. The molecule has 5 nitrogen and oxygen atoms in total. The van der Waals surface area contributed by atoms with Gasteiger partial charge in [0.2, 0.25) is 5.91 Å². The number of carbonyl (C=O) groups excluding carboxylic acids is 1. The van der Waals surface area contributed by atoms with Crippen LogP contribution in [0.1, 0.15) is 31.4 Å². The van der Waals surface area contributed by atoms with E-state index in [2.05, 4.69) is 24.0 Å². The lowest BCUT2D eigenvalue weighted by Crippen LogP contribution is -2.48. The van der Waals surface area contributed by atoms with Gasteiger partial charge in [0.1, 0.15) is 0 Å². The van der Waals surface area contributed by atoms with Crippen LogP contribution in [0, 0.1) is 0 Å². The van der Waals surface area contributed by atoms with Crippen molar-refractivity contribution >= 4 is 5.91 Å². The second-order valence-electron chi connectivity index (χ2n) is 6.66. The fraction of sp³-hybridized carbons (Fsp3) is 0.611. The average molecular weight is 318 g/mol. The first-order chi connectivity index (χ1) is 11.1. The van der Waals surface area contributed by atoms with Crippen molar-refractivity contribution in [2.24, 2.45) is 0 Å². The Hall–Kier alpha value is -1.43. The van der Waals surface area contributed by atoms with Gasteiger partial charge in [0.05, 0.1) is 18.3 Å². The molecule has 1 aromatic rings. The van der Waals surface area contributed by atoms with Crippen LogP contribution in [0.25, 0.3) is 0 Å². The van der Waals surface area contributed by atoms with Crippen molar-refractivity contribution in [3.05, 3.63) is 35.9 Å². The first-order valence-corrected chi connectivity index (χ1v) is 8.50. The van der Waals surface area contributed by atoms with Crippen LogP contribution >= 0.6 is 0 Å². The van der Waals surface area contributed by atoms with Gasteiger partial charge in [-0.3, -0.25) is 9.69 Å². The maximum Gasteiger partial charge on any atom is 0.222 e. The number of hydrogen-bond acceptors (Lipinski definition) is 4. The molecule has 0 bridgehead atoms. The maximum atomic E-state index is 11.7. The molecule has 0 spiro atoms. The molecule has 3 atom stereocenters. The van der Waals surface area contributed by atoms with Crippen molar-refractivity contribution in [2.75, 3.05) is 32.7 Å². The number of rotatable bonds is 5. The molecule has 1 aromatic carbocycles. The highest BCUT2D eigenvalue weighted by atomic mass is 16.5. The molecular weight excluding hydrogens is 292 g/mol. The average Bonchev–Trinajstić information content (AvgIpc) is 2.92. The molecule has 2 aliphatic heterocycles. The van der Waals surface area contributed by atoms with E-state index in [4.69, 9.17) is 4.74 Å². The minimum absolute atomic E-state index is 0.0422. The first-order valence-electron chi connectivity index (χ1n) is 8.50. The van der Waals surface area contributed by atoms with E-state index in [1.54, 1.807) is 4.90 Å². The molecule has 2 fully saturated rings. The van der Waals surface area contributed by atoms with E-state index < -0.39 is 6.10 Å². The summed E-state index contributed by atoms with van der Waals surface area (Å²) in [6.07, 6.45) is 1.21. The Morgan fingerprint density at radius 2 is 2.04 bits per heavy atom. The van der Waals surface area contributed by atoms with Gasteiger partial charge in [-0.25, -0.2) is 0 Å². The van der Waals surface area contributed by atoms with Gasteiger partial charge in [0.25, 0.3) is 0 Å². The van der Waals surface area contributed by atoms with E-state index >= 15 is 0 Å². The highest BCUT2D eigenvalue weighted by molar-refractivity contribution is 5.78. The van der Waals surface area contributed by atoms with Crippen LogP contribution in [0.15, 0.2) is 30.3 Å². The lowest BCUT2D eigenvalue weighted by Gasteiger charge is -2.38. The number of likely N-dealkylation sites (tertiary alicyclic amines) is 1. The number of amides is 1. The van der Waals surface area contributed by atoms with E-state index in [1.807, 2.05) is 18.2 Å². The third kappa shape index (κ3) is 4.31. The molecule has 2 aliphatic rings. The van der Waals surface area contributed by atoms with Gasteiger partial charge in [0, 0.05) is 39.1 Å². The second kappa shape index (κ2) is 7.43. The third-order valence-corrected chi connectivity index (χ3v) is 4.58.